The van der Waals surface area contributed by atoms with Crippen LogP contribution in [0.25, 0.3) is 0 Å². The number of nitrogens with zero attached hydrogens (tertiary/aromatic N) is 1. The third-order valence-electron chi connectivity index (χ3n) is 3.69. The lowest BCUT2D eigenvalue weighted by molar-refractivity contribution is -0.142. The quantitative estimate of drug-likeness (QED) is 0.746. The zero-order chi connectivity index (χ0) is 13.8. The van der Waals surface area contributed by atoms with Gasteiger partial charge in [0.15, 0.2) is 0 Å². The summed E-state index contributed by atoms with van der Waals surface area (Å²) in [5.74, 6) is -1.58. The average Bonchev–Trinajstić information content (AvgIpc) is 3.05. The number of hydrogen-bond acceptors (Lipinski definition) is 4. The molecule has 2 aliphatic heterocycles. The molecular formula is C12H20N2O5. The number of rotatable bonds is 4. The summed E-state index contributed by atoms with van der Waals surface area (Å²) in [5, 5.41) is 11.8. The highest BCUT2D eigenvalue weighted by Crippen LogP contribution is 2.19. The molecule has 2 heterocycles. The maximum atomic E-state index is 12.0. The summed E-state index contributed by atoms with van der Waals surface area (Å²) in [6.45, 7) is 1.63. The summed E-state index contributed by atoms with van der Waals surface area (Å²) in [4.78, 5) is 24.4. The van der Waals surface area contributed by atoms with Gasteiger partial charge < -0.3 is 24.8 Å². The molecule has 19 heavy (non-hydrogen) atoms. The highest BCUT2D eigenvalue weighted by atomic mass is 16.5. The summed E-state index contributed by atoms with van der Waals surface area (Å²) >= 11 is 0. The van der Waals surface area contributed by atoms with Gasteiger partial charge in [-0.05, 0) is 12.8 Å². The third-order valence-corrected chi connectivity index (χ3v) is 3.69. The van der Waals surface area contributed by atoms with Crippen LogP contribution in [0.1, 0.15) is 12.8 Å². The number of carboxylic acids is 1. The minimum absolute atomic E-state index is 0.0763. The van der Waals surface area contributed by atoms with E-state index in [4.69, 9.17) is 14.6 Å². The van der Waals surface area contributed by atoms with E-state index in [1.807, 2.05) is 0 Å². The van der Waals surface area contributed by atoms with Crippen molar-refractivity contribution < 1.29 is 24.2 Å². The molecule has 2 amide bonds. The predicted octanol–water partition coefficient (Wildman–Crippen LogP) is -0.0936. The number of carboxylic acid groups (broad SMARTS) is 1. The Bertz CT molecular complexity index is 343. The van der Waals surface area contributed by atoms with Gasteiger partial charge in [0.25, 0.3) is 0 Å². The van der Waals surface area contributed by atoms with E-state index >= 15 is 0 Å². The number of likely N-dealkylation sites (N-methyl/N-ethyl adjacent to an activating group) is 1. The molecule has 2 N–H and O–H groups in total. The van der Waals surface area contributed by atoms with Crippen molar-refractivity contribution in [3.8, 4) is 0 Å². The van der Waals surface area contributed by atoms with E-state index in [9.17, 15) is 9.59 Å². The number of aliphatic carboxylic acids is 1. The van der Waals surface area contributed by atoms with Crippen molar-refractivity contribution in [3.63, 3.8) is 0 Å². The van der Waals surface area contributed by atoms with Crippen molar-refractivity contribution in [2.24, 2.45) is 5.92 Å². The van der Waals surface area contributed by atoms with E-state index in [-0.39, 0.29) is 25.3 Å². The smallest absolute Gasteiger partial charge is 0.317 e. The van der Waals surface area contributed by atoms with Gasteiger partial charge in [-0.15, -0.1) is 0 Å². The molecule has 2 fully saturated rings. The first-order chi connectivity index (χ1) is 9.09. The molecule has 108 valence electrons. The maximum absolute atomic E-state index is 12.0. The summed E-state index contributed by atoms with van der Waals surface area (Å²) < 4.78 is 10.6. The van der Waals surface area contributed by atoms with Crippen LogP contribution in [0.15, 0.2) is 0 Å². The van der Waals surface area contributed by atoms with Crippen LogP contribution < -0.4 is 5.32 Å². The lowest BCUT2D eigenvalue weighted by atomic mass is 10.0. The Morgan fingerprint density at radius 2 is 2.21 bits per heavy atom. The van der Waals surface area contributed by atoms with Gasteiger partial charge in [0.1, 0.15) is 5.92 Å². The normalized spacial score (nSPS) is 30.3. The van der Waals surface area contributed by atoms with E-state index in [1.165, 1.54) is 4.90 Å². The van der Waals surface area contributed by atoms with E-state index in [1.54, 1.807) is 7.05 Å². The summed E-state index contributed by atoms with van der Waals surface area (Å²) in [5.41, 5.74) is 0. The molecule has 0 radical (unpaired) electrons. The van der Waals surface area contributed by atoms with Crippen molar-refractivity contribution in [1.29, 1.82) is 0 Å². The first kappa shape index (κ1) is 14.1. The third kappa shape index (κ3) is 3.36. The molecule has 3 atom stereocenters. The molecule has 2 aliphatic rings. The van der Waals surface area contributed by atoms with Crippen LogP contribution in [-0.2, 0) is 14.3 Å². The van der Waals surface area contributed by atoms with Gasteiger partial charge in [-0.2, -0.15) is 0 Å². The number of nitrogens with one attached hydrogen (secondary N) is 1. The average molecular weight is 272 g/mol. The highest BCUT2D eigenvalue weighted by Gasteiger charge is 2.38. The number of carbonyl (C=O) groups is 2. The summed E-state index contributed by atoms with van der Waals surface area (Å²) in [6.07, 6.45) is 2.05. The number of ether oxygens (including phenoxy) is 2. The minimum Gasteiger partial charge on any atom is -0.481 e. The van der Waals surface area contributed by atoms with Crippen LogP contribution in [0.5, 0.6) is 0 Å². The van der Waals surface area contributed by atoms with Crippen LogP contribution in [0.2, 0.25) is 0 Å². The molecule has 0 aromatic carbocycles. The van der Waals surface area contributed by atoms with Gasteiger partial charge in [0.2, 0.25) is 0 Å². The molecule has 2 rings (SSSR count). The van der Waals surface area contributed by atoms with Gasteiger partial charge in [0.05, 0.1) is 25.4 Å². The topological polar surface area (TPSA) is 88.1 Å². The standard InChI is InChI=1S/C12H20N2O5/c1-14(10-7-18-6-9(10)11(15)16)12(17)13-5-8-3-2-4-19-8/h8-10H,2-7H2,1H3,(H,13,17)(H,15,16). The number of urea groups is 1. The fourth-order valence-corrected chi connectivity index (χ4v) is 2.44. The van der Waals surface area contributed by atoms with Crippen molar-refractivity contribution in [1.82, 2.24) is 10.2 Å². The van der Waals surface area contributed by atoms with Crippen LogP contribution in [0, 0.1) is 5.92 Å². The van der Waals surface area contributed by atoms with E-state index in [0.717, 1.165) is 19.4 Å². The Morgan fingerprint density at radius 3 is 2.84 bits per heavy atom. The van der Waals surface area contributed by atoms with Crippen molar-refractivity contribution in [3.05, 3.63) is 0 Å². The van der Waals surface area contributed by atoms with Crippen molar-refractivity contribution >= 4 is 12.0 Å². The van der Waals surface area contributed by atoms with Crippen LogP contribution >= 0.6 is 0 Å². The zero-order valence-corrected chi connectivity index (χ0v) is 11.0. The highest BCUT2D eigenvalue weighted by molar-refractivity contribution is 5.77. The molecule has 0 spiro atoms. The second-order valence-corrected chi connectivity index (χ2v) is 4.98. The predicted molar refractivity (Wildman–Crippen MR) is 65.9 cm³/mol. The molecule has 3 unspecified atom stereocenters. The maximum Gasteiger partial charge on any atom is 0.317 e. The van der Waals surface area contributed by atoms with Gasteiger partial charge in [-0.3, -0.25) is 4.79 Å². The lowest BCUT2D eigenvalue weighted by Gasteiger charge is -2.27. The summed E-state index contributed by atoms with van der Waals surface area (Å²) in [7, 11) is 1.60. The molecule has 7 heteroatoms. The van der Waals surface area contributed by atoms with E-state index in [2.05, 4.69) is 5.32 Å². The zero-order valence-electron chi connectivity index (χ0n) is 11.0. The van der Waals surface area contributed by atoms with Crippen LogP contribution in [0.3, 0.4) is 0 Å². The van der Waals surface area contributed by atoms with Gasteiger partial charge in [-0.1, -0.05) is 0 Å². The van der Waals surface area contributed by atoms with Gasteiger partial charge in [0, 0.05) is 20.2 Å². The first-order valence-corrected chi connectivity index (χ1v) is 6.52. The number of amides is 2. The molecule has 0 bridgehead atoms. The van der Waals surface area contributed by atoms with Gasteiger partial charge in [-0.25, -0.2) is 4.79 Å². The number of carbonyl (C=O) groups excluding carboxylic acids is 1. The summed E-state index contributed by atoms with van der Waals surface area (Å²) in [6, 6.07) is -0.695. The largest absolute Gasteiger partial charge is 0.481 e. The fraction of sp³-hybridized carbons (Fsp3) is 0.833. The SMILES string of the molecule is CN(C(=O)NCC1CCCO1)C1COCC1C(=O)O. The molecule has 0 aromatic rings. The Labute approximate surface area is 111 Å². The van der Waals surface area contributed by atoms with Gasteiger partial charge >= 0.3 is 12.0 Å². The van der Waals surface area contributed by atoms with Crippen molar-refractivity contribution in [2.45, 2.75) is 25.0 Å². The fourth-order valence-electron chi connectivity index (χ4n) is 2.44. The first-order valence-electron chi connectivity index (χ1n) is 6.52. The van der Waals surface area contributed by atoms with Crippen LogP contribution in [0.4, 0.5) is 4.79 Å². The van der Waals surface area contributed by atoms with Crippen molar-refractivity contribution in [2.75, 3.05) is 33.4 Å². The second-order valence-electron chi connectivity index (χ2n) is 4.98. The Balaban J connectivity index is 1.82. The molecular weight excluding hydrogens is 252 g/mol. The second kappa shape index (κ2) is 6.21. The van der Waals surface area contributed by atoms with Crippen LogP contribution in [-0.4, -0.2) is 67.6 Å². The lowest BCUT2D eigenvalue weighted by Crippen LogP contribution is -2.49. The van der Waals surface area contributed by atoms with E-state index < -0.39 is 17.9 Å². The Kier molecular flexibility index (Phi) is 4.60. The van der Waals surface area contributed by atoms with E-state index in [0.29, 0.717) is 6.54 Å². The molecule has 0 aromatic heterocycles. The Morgan fingerprint density at radius 1 is 1.42 bits per heavy atom. The molecule has 2 saturated heterocycles. The Hall–Kier alpha value is -1.34. The molecule has 0 saturated carbocycles. The monoisotopic (exact) mass is 272 g/mol. The number of hydrogen-bond donors (Lipinski definition) is 2. The molecule has 7 nitrogen and oxygen atoms in total. The minimum atomic E-state index is -0.929. The molecule has 0 aliphatic carbocycles.